The third-order valence-corrected chi connectivity index (χ3v) is 5.77. The van der Waals surface area contributed by atoms with Crippen LogP contribution in [0.15, 0.2) is 97.2 Å². The highest BCUT2D eigenvalue weighted by Crippen LogP contribution is 2.26. The number of carbonyl (C=O) groups excluding carboxylic acids is 2. The first-order chi connectivity index (χ1) is 18.0. The van der Waals surface area contributed by atoms with Gasteiger partial charge in [0.25, 0.3) is 0 Å². The first-order valence-corrected chi connectivity index (χ1v) is 11.8. The number of benzene rings is 3. The summed E-state index contributed by atoms with van der Waals surface area (Å²) in [5, 5.41) is 2.86. The number of nitrogens with one attached hydrogen (secondary N) is 1. The van der Waals surface area contributed by atoms with Gasteiger partial charge in [-0.15, -0.1) is 0 Å². The van der Waals surface area contributed by atoms with Gasteiger partial charge in [-0.05, 0) is 79.7 Å². The molecule has 8 heteroatoms. The van der Waals surface area contributed by atoms with Gasteiger partial charge in [-0.2, -0.15) is 0 Å². The molecular weight excluding hydrogens is 473 g/mol. The van der Waals surface area contributed by atoms with Crippen molar-refractivity contribution in [1.29, 1.82) is 0 Å². The Balaban J connectivity index is 1.37. The first-order valence-electron chi connectivity index (χ1n) is 11.8. The van der Waals surface area contributed by atoms with Crippen molar-refractivity contribution >= 4 is 28.6 Å². The summed E-state index contributed by atoms with van der Waals surface area (Å²) in [6.45, 7) is 1.82. The normalized spacial score (nSPS) is 10.9. The number of rotatable bonds is 8. The minimum Gasteiger partial charge on any atom is -0.461 e. The number of para-hydroxylation sites is 1. The van der Waals surface area contributed by atoms with Crippen molar-refractivity contribution in [3.05, 3.63) is 109 Å². The first kappa shape index (κ1) is 23.9. The van der Waals surface area contributed by atoms with E-state index in [4.69, 9.17) is 9.47 Å². The molecule has 0 radical (unpaired) electrons. The number of amides is 1. The molecule has 0 saturated carbocycles. The van der Waals surface area contributed by atoms with Gasteiger partial charge in [0.1, 0.15) is 29.6 Å². The molecule has 0 aliphatic carbocycles. The van der Waals surface area contributed by atoms with E-state index in [1.54, 1.807) is 54.0 Å². The lowest BCUT2D eigenvalue weighted by atomic mass is 10.3. The molecule has 0 saturated heterocycles. The van der Waals surface area contributed by atoms with Gasteiger partial charge >= 0.3 is 5.97 Å². The summed E-state index contributed by atoms with van der Waals surface area (Å²) in [5.41, 5.74) is 2.95. The lowest BCUT2D eigenvalue weighted by Crippen LogP contribution is -2.22. The van der Waals surface area contributed by atoms with Crippen LogP contribution in [0.25, 0.3) is 16.7 Å². The van der Waals surface area contributed by atoms with Gasteiger partial charge in [0.2, 0.25) is 5.91 Å². The Labute approximate surface area is 212 Å². The van der Waals surface area contributed by atoms with Crippen LogP contribution in [-0.2, 0) is 16.1 Å². The zero-order valence-electron chi connectivity index (χ0n) is 20.1. The Morgan fingerprint density at radius 3 is 2.27 bits per heavy atom. The highest BCUT2D eigenvalue weighted by Gasteiger charge is 2.21. The molecule has 186 valence electrons. The van der Waals surface area contributed by atoms with E-state index in [0.29, 0.717) is 22.5 Å². The summed E-state index contributed by atoms with van der Waals surface area (Å²) in [7, 11) is 0. The molecule has 0 aliphatic rings. The fraction of sp³-hybridized carbons (Fsp3) is 0.103. The van der Waals surface area contributed by atoms with Gasteiger partial charge in [-0.25, -0.2) is 9.18 Å². The van der Waals surface area contributed by atoms with Crippen LogP contribution in [0.2, 0.25) is 0 Å². The minimum absolute atomic E-state index is 0.104. The molecule has 5 rings (SSSR count). The number of anilines is 1. The van der Waals surface area contributed by atoms with Crippen LogP contribution in [0.5, 0.6) is 11.5 Å². The zero-order valence-corrected chi connectivity index (χ0v) is 20.1. The standard InChI is InChI=1S/C29H24FN3O4/c1-2-36-29(35)27-18-26-25(16-17-32(26)22-12-8-20(30)9-13-22)33(27)19-28(34)31-21-10-14-24(15-11-21)37-23-6-4-3-5-7-23/h3-18H,2,19H2,1H3,(H,31,34). The third kappa shape index (κ3) is 5.23. The van der Waals surface area contributed by atoms with Gasteiger partial charge < -0.3 is 23.9 Å². The van der Waals surface area contributed by atoms with Crippen molar-refractivity contribution in [2.75, 3.05) is 11.9 Å². The number of aromatic nitrogens is 2. The van der Waals surface area contributed by atoms with Crippen molar-refractivity contribution < 1.29 is 23.5 Å². The fourth-order valence-corrected chi connectivity index (χ4v) is 4.09. The van der Waals surface area contributed by atoms with E-state index in [1.807, 2.05) is 47.2 Å². The SMILES string of the molecule is CCOC(=O)c1cc2c(ccn2-c2ccc(F)cc2)n1CC(=O)Nc1ccc(Oc2ccccc2)cc1. The summed E-state index contributed by atoms with van der Waals surface area (Å²) in [5.74, 6) is 0.181. The second kappa shape index (κ2) is 10.4. The molecule has 2 heterocycles. The van der Waals surface area contributed by atoms with Gasteiger partial charge in [0.15, 0.2) is 0 Å². The highest BCUT2D eigenvalue weighted by molar-refractivity contribution is 5.98. The van der Waals surface area contributed by atoms with Gasteiger partial charge in [-0.1, -0.05) is 18.2 Å². The van der Waals surface area contributed by atoms with E-state index in [-0.39, 0.29) is 30.6 Å². The number of hydrogen-bond donors (Lipinski definition) is 1. The molecule has 3 aromatic carbocycles. The van der Waals surface area contributed by atoms with Crippen LogP contribution in [-0.4, -0.2) is 27.6 Å². The zero-order chi connectivity index (χ0) is 25.8. The second-order valence-electron chi connectivity index (χ2n) is 8.26. The quantitative estimate of drug-likeness (QED) is 0.260. The molecular formula is C29H24FN3O4. The molecule has 37 heavy (non-hydrogen) atoms. The maximum absolute atomic E-state index is 13.4. The van der Waals surface area contributed by atoms with E-state index < -0.39 is 5.97 Å². The summed E-state index contributed by atoms with van der Waals surface area (Å²) in [4.78, 5) is 25.7. The summed E-state index contributed by atoms with van der Waals surface area (Å²) >= 11 is 0. The highest BCUT2D eigenvalue weighted by atomic mass is 19.1. The molecule has 0 spiro atoms. The predicted octanol–water partition coefficient (Wildman–Crippen LogP) is 6.18. The van der Waals surface area contributed by atoms with E-state index in [9.17, 15) is 14.0 Å². The molecule has 2 aromatic heterocycles. The van der Waals surface area contributed by atoms with Crippen molar-refractivity contribution in [1.82, 2.24) is 9.13 Å². The monoisotopic (exact) mass is 497 g/mol. The molecule has 5 aromatic rings. The average Bonchev–Trinajstić information content (AvgIpc) is 3.47. The van der Waals surface area contributed by atoms with E-state index in [2.05, 4.69) is 5.32 Å². The van der Waals surface area contributed by atoms with Crippen LogP contribution >= 0.6 is 0 Å². The van der Waals surface area contributed by atoms with Crippen LogP contribution in [0.1, 0.15) is 17.4 Å². The molecule has 0 aliphatic heterocycles. The van der Waals surface area contributed by atoms with E-state index in [1.165, 1.54) is 12.1 Å². The Hall–Kier alpha value is -4.85. The van der Waals surface area contributed by atoms with Gasteiger partial charge in [-0.3, -0.25) is 4.79 Å². The number of hydrogen-bond acceptors (Lipinski definition) is 4. The lowest BCUT2D eigenvalue weighted by Gasteiger charge is -2.11. The molecule has 0 atom stereocenters. The average molecular weight is 498 g/mol. The second-order valence-corrected chi connectivity index (χ2v) is 8.26. The topological polar surface area (TPSA) is 74.5 Å². The van der Waals surface area contributed by atoms with Crippen LogP contribution in [0.4, 0.5) is 10.1 Å². The Morgan fingerprint density at radius 2 is 1.57 bits per heavy atom. The maximum Gasteiger partial charge on any atom is 0.355 e. The number of ether oxygens (including phenoxy) is 2. The smallest absolute Gasteiger partial charge is 0.355 e. The van der Waals surface area contributed by atoms with Crippen molar-refractivity contribution in [3.63, 3.8) is 0 Å². The van der Waals surface area contributed by atoms with Crippen molar-refractivity contribution in [3.8, 4) is 17.2 Å². The third-order valence-electron chi connectivity index (χ3n) is 5.77. The molecule has 1 amide bonds. The summed E-state index contributed by atoms with van der Waals surface area (Å²) in [6.07, 6.45) is 1.81. The van der Waals surface area contributed by atoms with Crippen LogP contribution < -0.4 is 10.1 Å². The van der Waals surface area contributed by atoms with E-state index in [0.717, 1.165) is 11.4 Å². The molecule has 0 unspecified atom stereocenters. The largest absolute Gasteiger partial charge is 0.461 e. The van der Waals surface area contributed by atoms with E-state index >= 15 is 0 Å². The number of halogens is 1. The van der Waals surface area contributed by atoms with Gasteiger partial charge in [0.05, 0.1) is 17.6 Å². The lowest BCUT2D eigenvalue weighted by molar-refractivity contribution is -0.116. The summed E-state index contributed by atoms with van der Waals surface area (Å²) in [6, 6.07) is 26.0. The number of nitrogens with zero attached hydrogens (tertiary/aromatic N) is 2. The Morgan fingerprint density at radius 1 is 0.865 bits per heavy atom. The predicted molar refractivity (Wildman–Crippen MR) is 139 cm³/mol. The molecule has 7 nitrogen and oxygen atoms in total. The number of fused-ring (bicyclic) bond motifs is 1. The Kier molecular flexibility index (Phi) is 6.72. The molecule has 0 bridgehead atoms. The fourth-order valence-electron chi connectivity index (χ4n) is 4.09. The Bertz CT molecular complexity index is 1540. The van der Waals surface area contributed by atoms with Gasteiger partial charge in [0, 0.05) is 17.6 Å². The van der Waals surface area contributed by atoms with Crippen LogP contribution in [0, 0.1) is 5.82 Å². The molecule has 0 fully saturated rings. The minimum atomic E-state index is -0.528. The van der Waals surface area contributed by atoms with Crippen molar-refractivity contribution in [2.45, 2.75) is 13.5 Å². The maximum atomic E-state index is 13.4. The van der Waals surface area contributed by atoms with Crippen LogP contribution in [0.3, 0.4) is 0 Å². The molecule has 1 N–H and O–H groups in total. The summed E-state index contributed by atoms with van der Waals surface area (Å²) < 4.78 is 27.9. The number of carbonyl (C=O) groups is 2. The number of esters is 1. The van der Waals surface area contributed by atoms with Crippen molar-refractivity contribution in [2.24, 2.45) is 0 Å².